The molecule has 9 heteroatoms. The summed E-state index contributed by atoms with van der Waals surface area (Å²) in [5, 5.41) is 2.51. The second-order valence-corrected chi connectivity index (χ2v) is 10.9. The number of hydrogen-bond acceptors (Lipinski definition) is 4. The van der Waals surface area contributed by atoms with Gasteiger partial charge in [0.15, 0.2) is 0 Å². The van der Waals surface area contributed by atoms with Crippen LogP contribution in [-0.4, -0.2) is 49.8 Å². The molecule has 1 aromatic rings. The fraction of sp³-hybridized carbons (Fsp3) is 0.550. The van der Waals surface area contributed by atoms with E-state index in [2.05, 4.69) is 17.6 Å². The van der Waals surface area contributed by atoms with Gasteiger partial charge in [0, 0.05) is 37.6 Å². The van der Waals surface area contributed by atoms with Crippen molar-refractivity contribution in [2.75, 3.05) is 26.2 Å². The van der Waals surface area contributed by atoms with Gasteiger partial charge < -0.3 is 0 Å². The third kappa shape index (κ3) is 4.64. The Bertz CT molecular complexity index is 922. The molecule has 0 aromatic heterocycles. The number of nitrogens with one attached hydrogen (secondary N) is 1. The SMILES string of the molecule is O=C(CC1CCCN(S(=O)(=O)c2ccc(Cl)cc2Cl)C1)NN1CC2C=CCC2C1. The van der Waals surface area contributed by atoms with Crippen molar-refractivity contribution in [2.24, 2.45) is 17.8 Å². The number of amides is 1. The van der Waals surface area contributed by atoms with Gasteiger partial charge in [-0.15, -0.1) is 0 Å². The highest BCUT2D eigenvalue weighted by molar-refractivity contribution is 7.89. The summed E-state index contributed by atoms with van der Waals surface area (Å²) >= 11 is 12.0. The quantitative estimate of drug-likeness (QED) is 0.688. The third-order valence-electron chi connectivity index (χ3n) is 6.06. The topological polar surface area (TPSA) is 69.7 Å². The van der Waals surface area contributed by atoms with Crippen LogP contribution >= 0.6 is 23.2 Å². The van der Waals surface area contributed by atoms with Crippen molar-refractivity contribution < 1.29 is 13.2 Å². The van der Waals surface area contributed by atoms with Crippen LogP contribution in [0.15, 0.2) is 35.2 Å². The Morgan fingerprint density at radius 3 is 2.79 bits per heavy atom. The van der Waals surface area contributed by atoms with Gasteiger partial charge in [-0.05, 0) is 55.2 Å². The van der Waals surface area contributed by atoms with E-state index in [4.69, 9.17) is 23.2 Å². The van der Waals surface area contributed by atoms with E-state index < -0.39 is 10.0 Å². The fourth-order valence-electron chi connectivity index (χ4n) is 4.60. The molecule has 2 saturated heterocycles. The number of benzene rings is 1. The molecule has 0 bridgehead atoms. The van der Waals surface area contributed by atoms with Crippen molar-refractivity contribution in [2.45, 2.75) is 30.6 Å². The molecule has 1 N–H and O–H groups in total. The zero-order valence-electron chi connectivity index (χ0n) is 16.1. The Balaban J connectivity index is 1.35. The number of piperidine rings is 1. The van der Waals surface area contributed by atoms with Crippen molar-refractivity contribution in [3.8, 4) is 0 Å². The Kier molecular flexibility index (Phi) is 6.23. The molecule has 29 heavy (non-hydrogen) atoms. The minimum absolute atomic E-state index is 0.00778. The normalized spacial score (nSPS) is 27.9. The van der Waals surface area contributed by atoms with Crippen molar-refractivity contribution in [1.82, 2.24) is 14.7 Å². The van der Waals surface area contributed by atoms with Crippen LogP contribution in [0, 0.1) is 17.8 Å². The monoisotopic (exact) mass is 457 g/mol. The average molecular weight is 458 g/mol. The molecule has 158 valence electrons. The van der Waals surface area contributed by atoms with Crippen LogP contribution in [0.3, 0.4) is 0 Å². The molecule has 0 spiro atoms. The van der Waals surface area contributed by atoms with Crippen LogP contribution in [0.4, 0.5) is 0 Å². The number of sulfonamides is 1. The summed E-state index contributed by atoms with van der Waals surface area (Å²) in [5.41, 5.74) is 3.01. The van der Waals surface area contributed by atoms with Gasteiger partial charge in [0.05, 0.1) is 5.02 Å². The van der Waals surface area contributed by atoms with Crippen LogP contribution < -0.4 is 5.43 Å². The van der Waals surface area contributed by atoms with Gasteiger partial charge in [-0.3, -0.25) is 10.2 Å². The second-order valence-electron chi connectivity index (χ2n) is 8.18. The minimum atomic E-state index is -3.72. The van der Waals surface area contributed by atoms with Gasteiger partial charge in [0.2, 0.25) is 15.9 Å². The van der Waals surface area contributed by atoms with Crippen molar-refractivity contribution in [3.05, 3.63) is 40.4 Å². The van der Waals surface area contributed by atoms with E-state index in [-0.39, 0.29) is 21.7 Å². The largest absolute Gasteiger partial charge is 0.289 e. The van der Waals surface area contributed by atoms with Crippen LogP contribution in [0.5, 0.6) is 0 Å². The van der Waals surface area contributed by atoms with E-state index >= 15 is 0 Å². The zero-order chi connectivity index (χ0) is 20.6. The molecule has 2 heterocycles. The maximum atomic E-state index is 13.0. The maximum Gasteiger partial charge on any atom is 0.244 e. The van der Waals surface area contributed by atoms with Gasteiger partial charge in [-0.25, -0.2) is 13.4 Å². The van der Waals surface area contributed by atoms with Crippen LogP contribution in [0.1, 0.15) is 25.7 Å². The van der Waals surface area contributed by atoms with Gasteiger partial charge in [-0.1, -0.05) is 35.4 Å². The standard InChI is InChI=1S/C20H25Cl2N3O3S/c21-17-6-7-19(18(22)10-17)29(27,28)25-8-2-3-14(11-25)9-20(26)23-24-12-15-4-1-5-16(15)13-24/h1,4,6-7,10,14-16H,2-3,5,8-9,11-13H2,(H,23,26). The summed E-state index contributed by atoms with van der Waals surface area (Å²) in [6.45, 7) is 2.49. The lowest BCUT2D eigenvalue weighted by atomic mass is 9.96. The van der Waals surface area contributed by atoms with E-state index in [0.717, 1.165) is 32.4 Å². The first-order valence-electron chi connectivity index (χ1n) is 9.99. The Hall–Kier alpha value is -1.12. The molecule has 3 aliphatic rings. The first-order chi connectivity index (χ1) is 13.8. The number of carbonyl (C=O) groups excluding carboxylic acids is 1. The lowest BCUT2D eigenvalue weighted by Crippen LogP contribution is -2.44. The van der Waals surface area contributed by atoms with E-state index in [1.807, 2.05) is 5.01 Å². The molecule has 3 atom stereocenters. The number of carbonyl (C=O) groups is 1. The van der Waals surface area contributed by atoms with Crippen LogP contribution in [-0.2, 0) is 14.8 Å². The third-order valence-corrected chi connectivity index (χ3v) is 8.65. The Morgan fingerprint density at radius 2 is 2.03 bits per heavy atom. The number of hydrazine groups is 1. The van der Waals surface area contributed by atoms with Gasteiger partial charge in [0.25, 0.3) is 0 Å². The highest BCUT2D eigenvalue weighted by Crippen LogP contribution is 2.33. The molecular formula is C20H25Cl2N3O3S. The predicted molar refractivity (Wildman–Crippen MR) is 113 cm³/mol. The molecule has 1 aromatic carbocycles. The number of nitrogens with zero attached hydrogens (tertiary/aromatic N) is 2. The van der Waals surface area contributed by atoms with Crippen LogP contribution in [0.25, 0.3) is 0 Å². The molecule has 6 nitrogen and oxygen atoms in total. The highest BCUT2D eigenvalue weighted by atomic mass is 35.5. The Morgan fingerprint density at radius 1 is 1.21 bits per heavy atom. The van der Waals surface area contributed by atoms with E-state index in [1.54, 1.807) is 0 Å². The number of fused-ring (bicyclic) bond motifs is 1. The molecule has 1 amide bonds. The molecule has 1 aliphatic carbocycles. The number of rotatable bonds is 5. The number of allylic oxidation sites excluding steroid dienone is 1. The second kappa shape index (κ2) is 8.55. The van der Waals surface area contributed by atoms with Crippen molar-refractivity contribution in [1.29, 1.82) is 0 Å². The summed E-state index contributed by atoms with van der Waals surface area (Å²) in [6.07, 6.45) is 7.42. The fourth-order valence-corrected chi connectivity index (χ4v) is 6.90. The first kappa shape index (κ1) is 21.1. The summed E-state index contributed by atoms with van der Waals surface area (Å²) in [6, 6.07) is 4.40. The lowest BCUT2D eigenvalue weighted by Gasteiger charge is -2.32. The summed E-state index contributed by atoms with van der Waals surface area (Å²) in [7, 11) is -3.72. The molecular weight excluding hydrogens is 433 g/mol. The molecule has 0 saturated carbocycles. The highest BCUT2D eigenvalue weighted by Gasteiger charge is 2.35. The summed E-state index contributed by atoms with van der Waals surface area (Å²) < 4.78 is 27.5. The van der Waals surface area contributed by atoms with E-state index in [0.29, 0.717) is 36.4 Å². The molecule has 0 radical (unpaired) electrons. The summed E-state index contributed by atoms with van der Waals surface area (Å²) in [4.78, 5) is 12.6. The predicted octanol–water partition coefficient (Wildman–Crippen LogP) is 3.32. The van der Waals surface area contributed by atoms with Crippen LogP contribution in [0.2, 0.25) is 10.0 Å². The molecule has 4 rings (SSSR count). The minimum Gasteiger partial charge on any atom is -0.289 e. The zero-order valence-corrected chi connectivity index (χ0v) is 18.4. The van der Waals surface area contributed by atoms with Gasteiger partial charge in [0.1, 0.15) is 4.90 Å². The summed E-state index contributed by atoms with van der Waals surface area (Å²) in [5.74, 6) is 1.10. The first-order valence-corrected chi connectivity index (χ1v) is 12.2. The molecule has 2 aliphatic heterocycles. The van der Waals surface area contributed by atoms with E-state index in [1.165, 1.54) is 22.5 Å². The van der Waals surface area contributed by atoms with Crippen molar-refractivity contribution >= 4 is 39.1 Å². The number of halogens is 2. The smallest absolute Gasteiger partial charge is 0.244 e. The molecule has 2 fully saturated rings. The van der Waals surface area contributed by atoms with E-state index in [9.17, 15) is 13.2 Å². The van der Waals surface area contributed by atoms with Gasteiger partial charge in [-0.2, -0.15) is 4.31 Å². The maximum absolute atomic E-state index is 13.0. The molecule has 3 unspecified atom stereocenters. The van der Waals surface area contributed by atoms with Gasteiger partial charge >= 0.3 is 0 Å². The number of hydrogen-bond donors (Lipinski definition) is 1. The van der Waals surface area contributed by atoms with Crippen molar-refractivity contribution in [3.63, 3.8) is 0 Å². The lowest BCUT2D eigenvalue weighted by molar-refractivity contribution is -0.126. The Labute approximate surface area is 181 Å². The average Bonchev–Trinajstić information content (AvgIpc) is 3.23.